The van der Waals surface area contributed by atoms with Crippen LogP contribution >= 0.6 is 0 Å². The van der Waals surface area contributed by atoms with Crippen molar-refractivity contribution in [3.05, 3.63) is 78.5 Å². The molecule has 30 heavy (non-hydrogen) atoms. The average molecular weight is 399 g/mol. The maximum Gasteiger partial charge on any atom is 0.0708 e. The van der Waals surface area contributed by atoms with Gasteiger partial charge in [-0.05, 0) is 66.5 Å². The normalized spacial score (nSPS) is 22.3. The molecule has 3 heteroatoms. The molecule has 2 atom stereocenters. The fraction of sp³-hybridized carbons (Fsp3) is 0.370. The Balaban J connectivity index is 1.44. The molecular weight excluding hydrogens is 368 g/mol. The van der Waals surface area contributed by atoms with Gasteiger partial charge in [-0.3, -0.25) is 4.98 Å². The number of benzene rings is 2. The highest BCUT2D eigenvalue weighted by atomic mass is 16.5. The van der Waals surface area contributed by atoms with Crippen LogP contribution in [-0.4, -0.2) is 42.7 Å². The number of piperidine rings is 1. The summed E-state index contributed by atoms with van der Waals surface area (Å²) >= 11 is 0. The zero-order valence-corrected chi connectivity index (χ0v) is 17.5. The monoisotopic (exact) mass is 398 g/mol. The third kappa shape index (κ3) is 4.33. The van der Waals surface area contributed by atoms with Crippen molar-refractivity contribution >= 4 is 0 Å². The Morgan fingerprint density at radius 2 is 1.83 bits per heavy atom. The Morgan fingerprint density at radius 1 is 0.933 bits per heavy atom. The lowest BCUT2D eigenvalue weighted by molar-refractivity contribution is 0.150. The third-order valence-corrected chi connectivity index (χ3v) is 6.59. The number of pyridine rings is 1. The minimum Gasteiger partial charge on any atom is -0.381 e. The standard InChI is InChI=1S/C27H30N2O/c1-2-7-22(8-3-1)26-17-23(11-12-25(26)27-10-4-5-14-28-27)24-9-6-15-29(19-24)18-21-13-16-30-20-21/h1-5,7-8,10-12,14,17,21,24H,6,9,13,15-16,18-20H2/t21?,24-/m1/s1. The van der Waals surface area contributed by atoms with Crippen LogP contribution in [0.3, 0.4) is 0 Å². The first-order valence-electron chi connectivity index (χ1n) is 11.3. The molecule has 2 saturated heterocycles. The number of aromatic nitrogens is 1. The molecule has 2 fully saturated rings. The Labute approximate surface area is 179 Å². The smallest absolute Gasteiger partial charge is 0.0708 e. The van der Waals surface area contributed by atoms with Gasteiger partial charge in [-0.15, -0.1) is 0 Å². The predicted molar refractivity (Wildman–Crippen MR) is 122 cm³/mol. The summed E-state index contributed by atoms with van der Waals surface area (Å²) in [5, 5.41) is 0. The van der Waals surface area contributed by atoms with Gasteiger partial charge >= 0.3 is 0 Å². The van der Waals surface area contributed by atoms with Crippen molar-refractivity contribution in [1.82, 2.24) is 9.88 Å². The number of likely N-dealkylation sites (tertiary alicyclic amines) is 1. The summed E-state index contributed by atoms with van der Waals surface area (Å²) in [5.41, 5.74) is 6.25. The molecule has 1 unspecified atom stereocenters. The number of ether oxygens (including phenoxy) is 1. The van der Waals surface area contributed by atoms with E-state index in [0.717, 1.165) is 31.4 Å². The maximum absolute atomic E-state index is 5.60. The minimum absolute atomic E-state index is 0.598. The fourth-order valence-corrected chi connectivity index (χ4v) is 5.00. The number of nitrogens with zero attached hydrogens (tertiary/aromatic N) is 2. The van der Waals surface area contributed by atoms with Gasteiger partial charge in [0.05, 0.1) is 12.3 Å². The first-order chi connectivity index (χ1) is 14.9. The summed E-state index contributed by atoms with van der Waals surface area (Å²) in [6.07, 6.45) is 5.65. The van der Waals surface area contributed by atoms with E-state index in [0.29, 0.717) is 5.92 Å². The van der Waals surface area contributed by atoms with Gasteiger partial charge in [0.15, 0.2) is 0 Å². The van der Waals surface area contributed by atoms with Crippen molar-refractivity contribution in [1.29, 1.82) is 0 Å². The van der Waals surface area contributed by atoms with Crippen LogP contribution in [0.1, 0.15) is 30.7 Å². The largest absolute Gasteiger partial charge is 0.381 e. The Kier molecular flexibility index (Phi) is 5.91. The molecule has 0 radical (unpaired) electrons. The van der Waals surface area contributed by atoms with Crippen molar-refractivity contribution in [2.24, 2.45) is 5.92 Å². The quantitative estimate of drug-likeness (QED) is 0.557. The second-order valence-electron chi connectivity index (χ2n) is 8.71. The Bertz CT molecular complexity index is 951. The lowest BCUT2D eigenvalue weighted by Crippen LogP contribution is -2.37. The highest BCUT2D eigenvalue weighted by Crippen LogP contribution is 2.36. The van der Waals surface area contributed by atoms with E-state index in [4.69, 9.17) is 4.74 Å². The number of hydrogen-bond donors (Lipinski definition) is 0. The third-order valence-electron chi connectivity index (χ3n) is 6.59. The van der Waals surface area contributed by atoms with E-state index < -0.39 is 0 Å². The molecule has 3 heterocycles. The lowest BCUT2D eigenvalue weighted by atomic mass is 9.86. The van der Waals surface area contributed by atoms with Crippen LogP contribution in [0.2, 0.25) is 0 Å². The molecule has 3 aromatic rings. The first kappa shape index (κ1) is 19.5. The zero-order valence-electron chi connectivity index (χ0n) is 17.5. The summed E-state index contributed by atoms with van der Waals surface area (Å²) in [5.74, 6) is 1.32. The van der Waals surface area contributed by atoms with E-state index in [1.54, 1.807) is 0 Å². The minimum atomic E-state index is 0.598. The molecule has 0 N–H and O–H groups in total. The first-order valence-corrected chi connectivity index (χ1v) is 11.3. The summed E-state index contributed by atoms with van der Waals surface area (Å²) < 4.78 is 5.60. The van der Waals surface area contributed by atoms with Crippen LogP contribution in [0, 0.1) is 5.92 Å². The van der Waals surface area contributed by atoms with E-state index in [9.17, 15) is 0 Å². The summed E-state index contributed by atoms with van der Waals surface area (Å²) in [4.78, 5) is 7.30. The number of rotatable bonds is 5. The second kappa shape index (κ2) is 9.11. The molecule has 0 aliphatic carbocycles. The zero-order chi connectivity index (χ0) is 20.2. The Hall–Kier alpha value is -2.49. The van der Waals surface area contributed by atoms with Gasteiger partial charge in [-0.2, -0.15) is 0 Å². The highest BCUT2D eigenvalue weighted by Gasteiger charge is 2.26. The van der Waals surface area contributed by atoms with Crippen molar-refractivity contribution in [3.8, 4) is 22.4 Å². The van der Waals surface area contributed by atoms with Crippen molar-refractivity contribution in [2.45, 2.75) is 25.2 Å². The molecular formula is C27H30N2O. The van der Waals surface area contributed by atoms with Crippen LogP contribution in [0.15, 0.2) is 72.9 Å². The van der Waals surface area contributed by atoms with Gasteiger partial charge in [0, 0.05) is 31.5 Å². The molecule has 3 nitrogen and oxygen atoms in total. The highest BCUT2D eigenvalue weighted by molar-refractivity contribution is 5.82. The molecule has 5 rings (SSSR count). The molecule has 2 aliphatic heterocycles. The SMILES string of the molecule is c1ccc(-c2cc([C@@H]3CCCN(CC4CCOC4)C3)ccc2-c2ccccn2)cc1. The molecule has 2 aromatic carbocycles. The van der Waals surface area contributed by atoms with Gasteiger partial charge in [0.1, 0.15) is 0 Å². The van der Waals surface area contributed by atoms with Gasteiger partial charge in [0.25, 0.3) is 0 Å². The molecule has 0 saturated carbocycles. The molecule has 1 aromatic heterocycles. The number of hydrogen-bond acceptors (Lipinski definition) is 3. The maximum atomic E-state index is 5.60. The molecule has 0 spiro atoms. The van der Waals surface area contributed by atoms with Crippen molar-refractivity contribution in [3.63, 3.8) is 0 Å². The van der Waals surface area contributed by atoms with Gasteiger partial charge in [-0.25, -0.2) is 0 Å². The Morgan fingerprint density at radius 3 is 2.63 bits per heavy atom. The van der Waals surface area contributed by atoms with Gasteiger partial charge < -0.3 is 9.64 Å². The van der Waals surface area contributed by atoms with E-state index in [1.165, 1.54) is 54.6 Å². The van der Waals surface area contributed by atoms with Crippen LogP contribution in [-0.2, 0) is 4.74 Å². The predicted octanol–water partition coefficient (Wildman–Crippen LogP) is 5.63. The van der Waals surface area contributed by atoms with Crippen molar-refractivity contribution in [2.75, 3.05) is 32.8 Å². The van der Waals surface area contributed by atoms with Crippen molar-refractivity contribution < 1.29 is 4.74 Å². The molecule has 154 valence electrons. The molecule has 0 bridgehead atoms. The van der Waals surface area contributed by atoms with Gasteiger partial charge in [0.2, 0.25) is 0 Å². The topological polar surface area (TPSA) is 25.4 Å². The van der Waals surface area contributed by atoms with E-state index >= 15 is 0 Å². The van der Waals surface area contributed by atoms with Crippen LogP contribution in [0.5, 0.6) is 0 Å². The van der Waals surface area contributed by atoms with Crippen LogP contribution in [0.4, 0.5) is 0 Å². The summed E-state index contributed by atoms with van der Waals surface area (Å²) in [6, 6.07) is 23.9. The molecule has 0 amide bonds. The van der Waals surface area contributed by atoms with Gasteiger partial charge in [-0.1, -0.05) is 54.6 Å². The fourth-order valence-electron chi connectivity index (χ4n) is 5.00. The van der Waals surface area contributed by atoms with Crippen LogP contribution < -0.4 is 0 Å². The summed E-state index contributed by atoms with van der Waals surface area (Å²) in [6.45, 7) is 5.46. The van der Waals surface area contributed by atoms with Crippen LogP contribution in [0.25, 0.3) is 22.4 Å². The van der Waals surface area contributed by atoms with E-state index in [-0.39, 0.29) is 0 Å². The second-order valence-corrected chi connectivity index (χ2v) is 8.71. The average Bonchev–Trinajstić information content (AvgIpc) is 3.33. The summed E-state index contributed by atoms with van der Waals surface area (Å²) in [7, 11) is 0. The molecule has 2 aliphatic rings. The van der Waals surface area contributed by atoms with E-state index in [2.05, 4.69) is 70.5 Å². The lowest BCUT2D eigenvalue weighted by Gasteiger charge is -2.34. The van der Waals surface area contributed by atoms with E-state index in [1.807, 2.05) is 12.3 Å².